The van der Waals surface area contributed by atoms with Crippen LogP contribution in [-0.2, 0) is 4.79 Å². The highest BCUT2D eigenvalue weighted by atomic mass is 16.4. The maximum absolute atomic E-state index is 11.9. The van der Waals surface area contributed by atoms with Gasteiger partial charge in [0.1, 0.15) is 5.84 Å². The van der Waals surface area contributed by atoms with Gasteiger partial charge in [0.25, 0.3) is 0 Å². The third-order valence-electron chi connectivity index (χ3n) is 4.11. The average molecular weight is 239 g/mol. The molecule has 5 heteroatoms. The lowest BCUT2D eigenvalue weighted by atomic mass is 9.88. The number of hydrogen-bond donors (Lipinski definition) is 3. The van der Waals surface area contributed by atoms with Gasteiger partial charge in [-0.15, -0.1) is 0 Å². The predicted octanol–water partition coefficient (Wildman–Crippen LogP) is 1.07. The molecule has 2 aliphatic carbocycles. The maximum atomic E-state index is 11.9. The van der Waals surface area contributed by atoms with E-state index in [1.165, 1.54) is 19.3 Å². The van der Waals surface area contributed by atoms with Crippen LogP contribution in [0.25, 0.3) is 0 Å². The fourth-order valence-corrected chi connectivity index (χ4v) is 3.23. The van der Waals surface area contributed by atoms with E-state index in [9.17, 15) is 4.79 Å². The van der Waals surface area contributed by atoms with Crippen molar-refractivity contribution in [3.05, 3.63) is 0 Å². The molecule has 0 aliphatic heterocycles. The molecule has 0 aromatic carbocycles. The van der Waals surface area contributed by atoms with Gasteiger partial charge in [0, 0.05) is 18.9 Å². The third kappa shape index (κ3) is 2.90. The van der Waals surface area contributed by atoms with Crippen LogP contribution < -0.4 is 11.1 Å². The Hall–Kier alpha value is -1.26. The molecule has 0 spiro atoms. The summed E-state index contributed by atoms with van der Waals surface area (Å²) in [5.41, 5.74) is 5.35. The lowest BCUT2D eigenvalue weighted by Crippen LogP contribution is -2.34. The number of nitrogens with two attached hydrogens (primary N) is 1. The molecule has 2 aliphatic rings. The molecule has 5 nitrogen and oxygen atoms in total. The quantitative estimate of drug-likeness (QED) is 0.220. The molecule has 2 rings (SSSR count). The van der Waals surface area contributed by atoms with E-state index >= 15 is 0 Å². The Kier molecular flexibility index (Phi) is 3.86. The minimum atomic E-state index is 0.205. The summed E-state index contributed by atoms with van der Waals surface area (Å²) in [5, 5.41) is 14.2. The Bertz CT molecular complexity index is 317. The summed E-state index contributed by atoms with van der Waals surface area (Å²) in [6.07, 6.45) is 6.12. The summed E-state index contributed by atoms with van der Waals surface area (Å²) < 4.78 is 0. The molecule has 17 heavy (non-hydrogen) atoms. The van der Waals surface area contributed by atoms with Crippen molar-refractivity contribution in [2.45, 2.75) is 38.5 Å². The van der Waals surface area contributed by atoms with Crippen LogP contribution in [0.1, 0.15) is 38.5 Å². The molecule has 0 radical (unpaired) electrons. The summed E-state index contributed by atoms with van der Waals surface area (Å²) in [6.45, 7) is 0.614. The Morgan fingerprint density at radius 3 is 2.82 bits per heavy atom. The zero-order valence-electron chi connectivity index (χ0n) is 10.1. The first kappa shape index (κ1) is 12.2. The van der Waals surface area contributed by atoms with Crippen molar-refractivity contribution in [1.82, 2.24) is 5.32 Å². The van der Waals surface area contributed by atoms with Crippen molar-refractivity contribution in [2.75, 3.05) is 6.54 Å². The van der Waals surface area contributed by atoms with Crippen LogP contribution in [-0.4, -0.2) is 23.5 Å². The van der Waals surface area contributed by atoms with Gasteiger partial charge in [0.05, 0.1) is 0 Å². The van der Waals surface area contributed by atoms with Gasteiger partial charge >= 0.3 is 0 Å². The summed E-state index contributed by atoms with van der Waals surface area (Å²) in [5.74, 6) is 2.10. The zero-order chi connectivity index (χ0) is 12.3. The number of nitrogens with one attached hydrogen (secondary N) is 1. The second kappa shape index (κ2) is 5.38. The molecule has 3 atom stereocenters. The number of fused-ring (bicyclic) bond motifs is 2. The smallest absolute Gasteiger partial charge is 0.223 e. The Balaban J connectivity index is 1.65. The van der Waals surface area contributed by atoms with Gasteiger partial charge in [-0.3, -0.25) is 4.79 Å². The summed E-state index contributed by atoms with van der Waals surface area (Å²) in [7, 11) is 0. The number of amides is 1. The summed E-state index contributed by atoms with van der Waals surface area (Å²) in [4.78, 5) is 11.9. The number of hydrogen-bond acceptors (Lipinski definition) is 3. The first-order chi connectivity index (χ1) is 8.20. The topological polar surface area (TPSA) is 87.7 Å². The molecule has 0 heterocycles. The van der Waals surface area contributed by atoms with Crippen LogP contribution in [0, 0.1) is 17.8 Å². The lowest BCUT2D eigenvalue weighted by Gasteiger charge is -2.20. The van der Waals surface area contributed by atoms with Crippen molar-refractivity contribution in [1.29, 1.82) is 0 Å². The number of carbonyl (C=O) groups excluding carboxylic acids is 1. The number of amidine groups is 1. The number of carbonyl (C=O) groups is 1. The molecular formula is C12H21N3O2. The highest BCUT2D eigenvalue weighted by Crippen LogP contribution is 2.48. The summed E-state index contributed by atoms with van der Waals surface area (Å²) in [6, 6.07) is 0. The Morgan fingerprint density at radius 2 is 2.24 bits per heavy atom. The first-order valence-electron chi connectivity index (χ1n) is 6.45. The van der Waals surface area contributed by atoms with Gasteiger partial charge in [-0.1, -0.05) is 11.6 Å². The minimum Gasteiger partial charge on any atom is -0.409 e. The van der Waals surface area contributed by atoms with Crippen molar-refractivity contribution in [3.63, 3.8) is 0 Å². The largest absolute Gasteiger partial charge is 0.409 e. The van der Waals surface area contributed by atoms with Crippen LogP contribution in [0.2, 0.25) is 0 Å². The van der Waals surface area contributed by atoms with Gasteiger partial charge in [0.2, 0.25) is 5.91 Å². The highest BCUT2D eigenvalue weighted by molar-refractivity contribution is 5.80. The molecule has 0 saturated heterocycles. The molecule has 3 unspecified atom stereocenters. The number of rotatable bonds is 5. The summed E-state index contributed by atoms with van der Waals surface area (Å²) >= 11 is 0. The molecule has 1 amide bonds. The minimum absolute atomic E-state index is 0.205. The molecule has 4 N–H and O–H groups in total. The van der Waals surface area contributed by atoms with Crippen molar-refractivity contribution >= 4 is 11.7 Å². The second-order valence-corrected chi connectivity index (χ2v) is 5.27. The van der Waals surface area contributed by atoms with E-state index < -0.39 is 0 Å². The normalized spacial score (nSPS) is 31.8. The van der Waals surface area contributed by atoms with Crippen molar-refractivity contribution < 1.29 is 10.0 Å². The van der Waals surface area contributed by atoms with E-state index in [1.807, 2.05) is 0 Å². The molecule has 0 aromatic heterocycles. The monoisotopic (exact) mass is 239 g/mol. The zero-order valence-corrected chi connectivity index (χ0v) is 10.1. The van der Waals surface area contributed by atoms with E-state index in [0.717, 1.165) is 18.8 Å². The number of oxime groups is 1. The second-order valence-electron chi connectivity index (χ2n) is 5.27. The number of nitrogens with zero attached hydrogens (tertiary/aromatic N) is 1. The standard InChI is InChI=1S/C12H21N3O2/c13-11(15-17)2-1-5-14-12(16)10-7-8-3-4-9(10)6-8/h8-10,17H,1-7H2,(H2,13,15)(H,14,16). The molecule has 2 fully saturated rings. The third-order valence-corrected chi connectivity index (χ3v) is 4.11. The van der Waals surface area contributed by atoms with E-state index in [2.05, 4.69) is 10.5 Å². The van der Waals surface area contributed by atoms with Crippen molar-refractivity contribution in [2.24, 2.45) is 28.6 Å². The first-order valence-corrected chi connectivity index (χ1v) is 6.45. The van der Waals surface area contributed by atoms with E-state index in [1.54, 1.807) is 0 Å². The molecular weight excluding hydrogens is 218 g/mol. The Morgan fingerprint density at radius 1 is 1.41 bits per heavy atom. The SMILES string of the molecule is NC(CCCNC(=O)C1CC2CCC1C2)=NO. The fourth-order valence-electron chi connectivity index (χ4n) is 3.23. The van der Waals surface area contributed by atoms with Crippen LogP contribution in [0.3, 0.4) is 0 Å². The van der Waals surface area contributed by atoms with Gasteiger partial charge in [0.15, 0.2) is 0 Å². The van der Waals surface area contributed by atoms with Crippen LogP contribution >= 0.6 is 0 Å². The van der Waals surface area contributed by atoms with Gasteiger partial charge in [-0.2, -0.15) is 0 Å². The van der Waals surface area contributed by atoms with E-state index in [0.29, 0.717) is 18.9 Å². The maximum Gasteiger partial charge on any atom is 0.223 e. The Labute approximate surface area is 101 Å². The fraction of sp³-hybridized carbons (Fsp3) is 0.833. The molecule has 96 valence electrons. The van der Waals surface area contributed by atoms with E-state index in [-0.39, 0.29) is 17.7 Å². The van der Waals surface area contributed by atoms with Crippen LogP contribution in [0.5, 0.6) is 0 Å². The van der Waals surface area contributed by atoms with Crippen molar-refractivity contribution in [3.8, 4) is 0 Å². The highest BCUT2D eigenvalue weighted by Gasteiger charge is 2.42. The molecule has 2 bridgehead atoms. The average Bonchev–Trinajstić information content (AvgIpc) is 2.96. The van der Waals surface area contributed by atoms with Gasteiger partial charge in [-0.25, -0.2) is 0 Å². The van der Waals surface area contributed by atoms with Gasteiger partial charge < -0.3 is 16.3 Å². The van der Waals surface area contributed by atoms with Crippen LogP contribution in [0.15, 0.2) is 5.16 Å². The van der Waals surface area contributed by atoms with E-state index in [4.69, 9.17) is 10.9 Å². The molecule has 0 aromatic rings. The predicted molar refractivity (Wildman–Crippen MR) is 64.6 cm³/mol. The lowest BCUT2D eigenvalue weighted by molar-refractivity contribution is -0.126. The molecule has 2 saturated carbocycles. The van der Waals surface area contributed by atoms with Gasteiger partial charge in [-0.05, 0) is 37.5 Å². The van der Waals surface area contributed by atoms with Crippen LogP contribution in [0.4, 0.5) is 0 Å².